The Balaban J connectivity index is 2.14. The highest BCUT2D eigenvalue weighted by Crippen LogP contribution is 2.33. The molecule has 1 aliphatic rings. The Morgan fingerprint density at radius 1 is 1.60 bits per heavy atom. The highest BCUT2D eigenvalue weighted by molar-refractivity contribution is 9.10. The number of hydrogen-bond donors (Lipinski definition) is 2. The summed E-state index contributed by atoms with van der Waals surface area (Å²) in [4.78, 5) is 0. The maximum atomic E-state index is 9.02. The SMILES string of the molecule is C[C@@H](CO)NC1CCc2cc(Br)ccc21. The number of rotatable bonds is 3. The molecule has 0 fully saturated rings. The van der Waals surface area contributed by atoms with Gasteiger partial charge < -0.3 is 10.4 Å². The Bertz CT molecular complexity index is 353. The van der Waals surface area contributed by atoms with Crippen LogP contribution in [0.1, 0.15) is 30.5 Å². The van der Waals surface area contributed by atoms with Crippen molar-refractivity contribution in [1.29, 1.82) is 0 Å². The zero-order valence-electron chi connectivity index (χ0n) is 8.83. The van der Waals surface area contributed by atoms with Crippen LogP contribution >= 0.6 is 15.9 Å². The fraction of sp³-hybridized carbons (Fsp3) is 0.500. The fourth-order valence-corrected chi connectivity index (χ4v) is 2.56. The number of benzene rings is 1. The smallest absolute Gasteiger partial charge is 0.0582 e. The largest absolute Gasteiger partial charge is 0.395 e. The first-order valence-corrected chi connectivity index (χ1v) is 6.15. The number of fused-ring (bicyclic) bond motifs is 1. The molecule has 2 atom stereocenters. The standard InChI is InChI=1S/C12H16BrNO/c1-8(7-15)14-12-5-2-9-6-10(13)3-4-11(9)12/h3-4,6,8,12,14-15H,2,5,7H2,1H3/t8-,12?/m0/s1. The van der Waals surface area contributed by atoms with E-state index < -0.39 is 0 Å². The van der Waals surface area contributed by atoms with Crippen molar-refractivity contribution >= 4 is 15.9 Å². The maximum Gasteiger partial charge on any atom is 0.0582 e. The molecule has 0 spiro atoms. The average molecular weight is 270 g/mol. The molecule has 1 aromatic rings. The Labute approximate surface area is 98.8 Å². The molecule has 1 unspecified atom stereocenters. The van der Waals surface area contributed by atoms with Crippen molar-refractivity contribution < 1.29 is 5.11 Å². The van der Waals surface area contributed by atoms with E-state index in [2.05, 4.69) is 39.4 Å². The van der Waals surface area contributed by atoms with E-state index in [9.17, 15) is 0 Å². The van der Waals surface area contributed by atoms with Crippen LogP contribution < -0.4 is 5.32 Å². The van der Waals surface area contributed by atoms with Crippen molar-refractivity contribution in [2.45, 2.75) is 31.8 Å². The molecule has 2 N–H and O–H groups in total. The topological polar surface area (TPSA) is 32.3 Å². The molecule has 2 nitrogen and oxygen atoms in total. The zero-order chi connectivity index (χ0) is 10.8. The molecule has 0 saturated carbocycles. The van der Waals surface area contributed by atoms with Crippen LogP contribution in [0.5, 0.6) is 0 Å². The minimum atomic E-state index is 0.171. The lowest BCUT2D eigenvalue weighted by Gasteiger charge is -2.18. The van der Waals surface area contributed by atoms with Crippen molar-refractivity contribution in [3.8, 4) is 0 Å². The normalized spacial score (nSPS) is 21.4. The second-order valence-electron chi connectivity index (χ2n) is 4.18. The lowest BCUT2D eigenvalue weighted by molar-refractivity contribution is 0.240. The molecule has 2 rings (SSSR count). The van der Waals surface area contributed by atoms with E-state index in [4.69, 9.17) is 5.11 Å². The summed E-state index contributed by atoms with van der Waals surface area (Å²) in [5.41, 5.74) is 2.81. The van der Waals surface area contributed by atoms with Crippen LogP contribution in [0.15, 0.2) is 22.7 Å². The maximum absolute atomic E-state index is 9.02. The van der Waals surface area contributed by atoms with Gasteiger partial charge in [0.15, 0.2) is 0 Å². The highest BCUT2D eigenvalue weighted by atomic mass is 79.9. The molecule has 1 aromatic carbocycles. The molecule has 0 aliphatic heterocycles. The molecule has 0 aromatic heterocycles. The number of nitrogens with one attached hydrogen (secondary N) is 1. The van der Waals surface area contributed by atoms with Crippen LogP contribution in [0.3, 0.4) is 0 Å². The highest BCUT2D eigenvalue weighted by Gasteiger charge is 2.23. The Morgan fingerprint density at radius 3 is 3.13 bits per heavy atom. The first kappa shape index (κ1) is 11.1. The summed E-state index contributed by atoms with van der Waals surface area (Å²) in [7, 11) is 0. The predicted octanol–water partition coefficient (Wildman–Crippen LogP) is 2.41. The predicted molar refractivity (Wildman–Crippen MR) is 64.9 cm³/mol. The van der Waals surface area contributed by atoms with Gasteiger partial charge in [0.2, 0.25) is 0 Å². The monoisotopic (exact) mass is 269 g/mol. The summed E-state index contributed by atoms with van der Waals surface area (Å²) in [5.74, 6) is 0. The minimum Gasteiger partial charge on any atom is -0.395 e. The molecule has 1 aliphatic carbocycles. The van der Waals surface area contributed by atoms with Gasteiger partial charge in [-0.3, -0.25) is 0 Å². The number of hydrogen-bond acceptors (Lipinski definition) is 2. The second kappa shape index (κ2) is 4.64. The molecular weight excluding hydrogens is 254 g/mol. The molecule has 0 radical (unpaired) electrons. The molecule has 0 heterocycles. The van der Waals surface area contributed by atoms with E-state index >= 15 is 0 Å². The van der Waals surface area contributed by atoms with Crippen molar-refractivity contribution in [2.24, 2.45) is 0 Å². The van der Waals surface area contributed by atoms with Gasteiger partial charge in [-0.15, -0.1) is 0 Å². The van der Waals surface area contributed by atoms with Crippen LogP contribution in [-0.2, 0) is 6.42 Å². The third kappa shape index (κ3) is 2.41. The van der Waals surface area contributed by atoms with Gasteiger partial charge in [0.05, 0.1) is 6.61 Å². The van der Waals surface area contributed by atoms with Crippen molar-refractivity contribution in [3.05, 3.63) is 33.8 Å². The van der Waals surface area contributed by atoms with Crippen LogP contribution in [0, 0.1) is 0 Å². The Hall–Kier alpha value is -0.380. The molecule has 82 valence electrons. The third-order valence-corrected chi connectivity index (χ3v) is 3.44. The van der Waals surface area contributed by atoms with Crippen LogP contribution in [0.4, 0.5) is 0 Å². The molecular formula is C12H16BrNO. The average Bonchev–Trinajstić information content (AvgIpc) is 2.60. The molecule has 15 heavy (non-hydrogen) atoms. The molecule has 3 heteroatoms. The van der Waals surface area contributed by atoms with Crippen LogP contribution in [0.25, 0.3) is 0 Å². The van der Waals surface area contributed by atoms with Gasteiger partial charge in [0.25, 0.3) is 0 Å². The summed E-state index contributed by atoms with van der Waals surface area (Å²) in [6.07, 6.45) is 2.26. The van der Waals surface area contributed by atoms with E-state index in [1.54, 1.807) is 0 Å². The number of aliphatic hydroxyl groups excluding tert-OH is 1. The van der Waals surface area contributed by atoms with Gasteiger partial charge in [-0.05, 0) is 43.0 Å². The minimum absolute atomic E-state index is 0.171. The van der Waals surface area contributed by atoms with E-state index in [1.165, 1.54) is 11.1 Å². The molecule has 0 amide bonds. The van der Waals surface area contributed by atoms with Crippen molar-refractivity contribution in [2.75, 3.05) is 6.61 Å². The van der Waals surface area contributed by atoms with Gasteiger partial charge >= 0.3 is 0 Å². The number of aliphatic hydroxyl groups is 1. The first-order chi connectivity index (χ1) is 7.20. The third-order valence-electron chi connectivity index (χ3n) is 2.94. The number of aryl methyl sites for hydroxylation is 1. The van der Waals surface area contributed by atoms with Gasteiger partial charge in [-0.2, -0.15) is 0 Å². The van der Waals surface area contributed by atoms with Gasteiger partial charge in [0.1, 0.15) is 0 Å². The van der Waals surface area contributed by atoms with Crippen molar-refractivity contribution in [3.63, 3.8) is 0 Å². The van der Waals surface area contributed by atoms with Gasteiger partial charge in [-0.25, -0.2) is 0 Å². The Morgan fingerprint density at radius 2 is 2.40 bits per heavy atom. The van der Waals surface area contributed by atoms with Crippen LogP contribution in [0.2, 0.25) is 0 Å². The molecule has 0 bridgehead atoms. The summed E-state index contributed by atoms with van der Waals surface area (Å²) >= 11 is 3.49. The van der Waals surface area contributed by atoms with Crippen molar-refractivity contribution in [1.82, 2.24) is 5.32 Å². The summed E-state index contributed by atoms with van der Waals surface area (Å²) in [6, 6.07) is 7.04. The lowest BCUT2D eigenvalue weighted by Crippen LogP contribution is -2.32. The van der Waals surface area contributed by atoms with E-state index in [0.29, 0.717) is 6.04 Å². The van der Waals surface area contributed by atoms with E-state index in [0.717, 1.165) is 17.3 Å². The summed E-state index contributed by atoms with van der Waals surface area (Å²) < 4.78 is 1.15. The summed E-state index contributed by atoms with van der Waals surface area (Å²) in [5, 5.41) is 12.5. The second-order valence-corrected chi connectivity index (χ2v) is 5.10. The quantitative estimate of drug-likeness (QED) is 0.884. The van der Waals surface area contributed by atoms with Crippen LogP contribution in [-0.4, -0.2) is 17.8 Å². The Kier molecular flexibility index (Phi) is 3.44. The lowest BCUT2D eigenvalue weighted by atomic mass is 10.1. The van der Waals surface area contributed by atoms with E-state index in [-0.39, 0.29) is 12.6 Å². The van der Waals surface area contributed by atoms with Gasteiger partial charge in [0, 0.05) is 16.6 Å². The number of halogens is 1. The first-order valence-electron chi connectivity index (χ1n) is 5.36. The summed E-state index contributed by atoms with van der Waals surface area (Å²) in [6.45, 7) is 2.21. The zero-order valence-corrected chi connectivity index (χ0v) is 10.4. The van der Waals surface area contributed by atoms with E-state index in [1.807, 2.05) is 6.92 Å². The fourth-order valence-electron chi connectivity index (χ4n) is 2.16. The molecule has 0 saturated heterocycles. The van der Waals surface area contributed by atoms with Gasteiger partial charge in [-0.1, -0.05) is 22.0 Å².